The van der Waals surface area contributed by atoms with Gasteiger partial charge in [-0.15, -0.1) is 10.2 Å². The van der Waals surface area contributed by atoms with E-state index in [1.54, 1.807) is 49.4 Å². The van der Waals surface area contributed by atoms with Gasteiger partial charge < -0.3 is 25.9 Å². The fourth-order valence-corrected chi connectivity index (χ4v) is 4.30. The number of azo groups is 1. The van der Waals surface area contributed by atoms with Crippen molar-refractivity contribution in [1.82, 2.24) is 5.23 Å². The zero-order valence-corrected chi connectivity index (χ0v) is 26.0. The van der Waals surface area contributed by atoms with Gasteiger partial charge in [0, 0.05) is 23.2 Å². The summed E-state index contributed by atoms with van der Waals surface area (Å²) in [4.78, 5) is 34.3. The van der Waals surface area contributed by atoms with Gasteiger partial charge in [-0.1, -0.05) is 72.2 Å². The van der Waals surface area contributed by atoms with E-state index in [2.05, 4.69) is 25.5 Å². The SMILES string of the molecule is CC1=NN(c2ccccc2)C(=O)C1=NN=C1C=C(N([O-])[O-])C=CC1=O.O=[N+]([O-])c1ccc([O-])c(N=Nc2c([O-])ccc3ccccc23)c1.[Co+3].[H+]. The number of hydrogen-bond donors (Lipinski definition) is 0. The fourth-order valence-electron chi connectivity index (χ4n) is 4.30. The third-order valence-corrected chi connectivity index (χ3v) is 6.67. The van der Waals surface area contributed by atoms with Gasteiger partial charge in [-0.2, -0.15) is 20.3 Å². The maximum atomic E-state index is 12.4. The number of amides is 1. The van der Waals surface area contributed by atoms with E-state index in [0.717, 1.165) is 41.8 Å². The number of nitro benzene ring substituents is 1. The van der Waals surface area contributed by atoms with E-state index in [1.165, 1.54) is 11.1 Å². The van der Waals surface area contributed by atoms with Crippen LogP contribution in [0.2, 0.25) is 0 Å². The molecule has 6 rings (SSSR count). The second-order valence-corrected chi connectivity index (χ2v) is 9.84. The van der Waals surface area contributed by atoms with Crippen LogP contribution in [0.3, 0.4) is 0 Å². The number of fused-ring (bicyclic) bond motifs is 1. The van der Waals surface area contributed by atoms with Gasteiger partial charge in [-0.3, -0.25) is 19.7 Å². The van der Waals surface area contributed by atoms with Crippen molar-refractivity contribution in [3.05, 3.63) is 129 Å². The van der Waals surface area contributed by atoms with Gasteiger partial charge in [0.1, 0.15) is 5.71 Å². The van der Waals surface area contributed by atoms with E-state index in [4.69, 9.17) is 0 Å². The minimum atomic E-state index is -0.643. The number of rotatable bonds is 6. The van der Waals surface area contributed by atoms with E-state index >= 15 is 0 Å². The number of hydrazone groups is 1. The maximum absolute atomic E-state index is 12.4. The number of hydrogen-bond acceptors (Lipinski definition) is 14. The molecule has 0 atom stereocenters. The first kappa shape index (κ1) is 35.5. The molecule has 1 heterocycles. The van der Waals surface area contributed by atoms with Gasteiger partial charge in [0.15, 0.2) is 5.71 Å². The smallest absolute Gasteiger partial charge is 0.871 e. The van der Waals surface area contributed by atoms with E-state index < -0.39 is 27.6 Å². The molecule has 17 heteroatoms. The van der Waals surface area contributed by atoms with Gasteiger partial charge in [-0.05, 0) is 42.7 Å². The molecule has 0 unspecified atom stereocenters. The Morgan fingerprint density at radius 1 is 0.857 bits per heavy atom. The molecule has 4 aromatic rings. The van der Waals surface area contributed by atoms with Gasteiger partial charge >= 0.3 is 24.1 Å². The summed E-state index contributed by atoms with van der Waals surface area (Å²) in [5.74, 6) is -1.88. The quantitative estimate of drug-likeness (QED) is 0.114. The molecule has 0 spiro atoms. The number of benzene rings is 4. The summed E-state index contributed by atoms with van der Waals surface area (Å²) in [5.41, 5.74) is -0.00503. The van der Waals surface area contributed by atoms with Crippen molar-refractivity contribution in [2.24, 2.45) is 25.5 Å². The van der Waals surface area contributed by atoms with Crippen molar-refractivity contribution in [2.75, 3.05) is 5.01 Å². The zero-order chi connectivity index (χ0) is 34.4. The predicted octanol–water partition coefficient (Wildman–Crippen LogP) is 4.95. The summed E-state index contributed by atoms with van der Waals surface area (Å²) in [6, 6.07) is 22.1. The van der Waals surface area contributed by atoms with Crippen molar-refractivity contribution in [3.63, 3.8) is 0 Å². The molecule has 1 aliphatic carbocycles. The molecule has 4 aromatic carbocycles. The second kappa shape index (κ2) is 15.5. The Balaban J connectivity index is 0.000000261. The molecule has 0 radical (unpaired) electrons. The molecule has 16 nitrogen and oxygen atoms in total. The van der Waals surface area contributed by atoms with Gasteiger partial charge in [-0.25, -0.2) is 0 Å². The number of ketones is 1. The number of anilines is 1. The monoisotopic (exact) mass is 704 g/mol. The molecule has 1 aliphatic heterocycles. The third-order valence-electron chi connectivity index (χ3n) is 6.67. The van der Waals surface area contributed by atoms with Crippen LogP contribution in [0.1, 0.15) is 8.35 Å². The second-order valence-electron chi connectivity index (χ2n) is 9.84. The zero-order valence-electron chi connectivity index (χ0n) is 26.0. The number of hydroxylamine groups is 2. The number of allylic oxidation sites excluding steroid dienone is 3. The average molecular weight is 705 g/mol. The van der Waals surface area contributed by atoms with Gasteiger partial charge in [0.25, 0.3) is 5.69 Å². The van der Waals surface area contributed by atoms with Crippen molar-refractivity contribution in [2.45, 2.75) is 6.92 Å². The third kappa shape index (κ3) is 8.12. The number of carbonyl (C=O) groups excluding carboxylic acids is 2. The molecule has 0 aromatic heterocycles. The van der Waals surface area contributed by atoms with E-state index in [0.29, 0.717) is 16.8 Å². The fraction of sp³-hybridized carbons (Fsp3) is 0.0312. The molecule has 0 N–H and O–H groups in total. The Labute approximate surface area is 288 Å². The summed E-state index contributed by atoms with van der Waals surface area (Å²) >= 11 is 0. The van der Waals surface area contributed by atoms with Crippen LogP contribution in [0.15, 0.2) is 134 Å². The average Bonchev–Trinajstić information content (AvgIpc) is 3.37. The molecular formula is C32H21CoN8O8. The molecule has 0 fully saturated rings. The summed E-state index contributed by atoms with van der Waals surface area (Å²) in [6.45, 7) is 1.58. The number of nitro groups is 1. The van der Waals surface area contributed by atoms with E-state index in [9.17, 15) is 40.3 Å². The molecule has 246 valence electrons. The Hall–Kier alpha value is -6.40. The molecule has 1 amide bonds. The first-order valence-corrected chi connectivity index (χ1v) is 13.8. The van der Waals surface area contributed by atoms with Crippen molar-refractivity contribution >= 4 is 62.3 Å². The largest absolute Gasteiger partial charge is 3.00 e. The summed E-state index contributed by atoms with van der Waals surface area (Å²) in [5, 5.41) is 77.1. The van der Waals surface area contributed by atoms with Crippen LogP contribution in [-0.2, 0) is 26.4 Å². The van der Waals surface area contributed by atoms with Gasteiger partial charge in [0.2, 0.25) is 5.78 Å². The molecule has 0 bridgehead atoms. The van der Waals surface area contributed by atoms with Crippen molar-refractivity contribution in [3.8, 4) is 11.5 Å². The summed E-state index contributed by atoms with van der Waals surface area (Å²) in [6.07, 6.45) is 3.12. The molecular weight excluding hydrogens is 683 g/mol. The molecule has 0 saturated heterocycles. The van der Waals surface area contributed by atoms with Crippen LogP contribution in [0, 0.1) is 20.5 Å². The normalized spacial score (nSPS) is 15.6. The number of non-ortho nitro benzene ring substituents is 1. The summed E-state index contributed by atoms with van der Waals surface area (Å²) in [7, 11) is 0. The maximum Gasteiger partial charge on any atom is 3.00 e. The Morgan fingerprint density at radius 2 is 1.55 bits per heavy atom. The van der Waals surface area contributed by atoms with Gasteiger partial charge in [0.05, 0.1) is 27.7 Å². The van der Waals surface area contributed by atoms with E-state index in [-0.39, 0.29) is 58.1 Å². The summed E-state index contributed by atoms with van der Waals surface area (Å²) < 4.78 is 0. The van der Waals surface area contributed by atoms with Crippen LogP contribution in [0.5, 0.6) is 11.5 Å². The predicted molar refractivity (Wildman–Crippen MR) is 174 cm³/mol. The minimum Gasteiger partial charge on any atom is -0.871 e. The van der Waals surface area contributed by atoms with Crippen LogP contribution < -0.4 is 15.2 Å². The topological polar surface area (TPSA) is 238 Å². The van der Waals surface area contributed by atoms with Crippen molar-refractivity contribution in [1.29, 1.82) is 0 Å². The Bertz CT molecular complexity index is 2140. The Morgan fingerprint density at radius 3 is 2.27 bits per heavy atom. The first-order valence-electron chi connectivity index (χ1n) is 13.8. The van der Waals surface area contributed by atoms with E-state index in [1.807, 2.05) is 18.2 Å². The Kier molecular flexibility index (Phi) is 11.2. The molecule has 2 aliphatic rings. The number of carbonyl (C=O) groups is 2. The first-order chi connectivity index (χ1) is 23.0. The van der Waals surface area contributed by atoms with Crippen LogP contribution in [-0.4, -0.2) is 39.0 Å². The minimum absolute atomic E-state index is 0. The van der Waals surface area contributed by atoms with Crippen LogP contribution in [0.4, 0.5) is 22.7 Å². The van der Waals surface area contributed by atoms with Crippen LogP contribution in [0.25, 0.3) is 10.8 Å². The number of para-hydroxylation sites is 1. The standard InChI is InChI=1S/C16H11N5O4.C16H11N3O4.Co/c1-10-15(16(23)20(19-10)11-5-3-2-4-6-11)18-17-13-9-12(21(24)25)7-8-14(13)22;20-14-8-6-11(19(22)23)9-13(14)17-18-16-12-4-2-1-3-10(12)5-7-15(16)21;/h2-9H,1H3;1-9,20-21H;/q-2;;+3/p-1. The van der Waals surface area contributed by atoms with Crippen molar-refractivity contribution < 1.29 is 42.9 Å². The number of nitrogens with zero attached hydrogens (tertiary/aromatic N) is 8. The van der Waals surface area contributed by atoms with Crippen LogP contribution >= 0.6 is 0 Å². The molecule has 0 saturated carbocycles. The molecule has 49 heavy (non-hydrogen) atoms.